The van der Waals surface area contributed by atoms with Gasteiger partial charge in [0.1, 0.15) is 6.16 Å². The molecular weight excluding hydrogens is 305 g/mol. The number of rotatable bonds is 7. The third-order valence-corrected chi connectivity index (χ3v) is 4.70. The van der Waals surface area contributed by atoms with E-state index in [1.54, 1.807) is 0 Å². The van der Waals surface area contributed by atoms with Crippen LogP contribution in [0.15, 0.2) is 0 Å². The van der Waals surface area contributed by atoms with E-state index in [-0.39, 0.29) is 6.16 Å². The van der Waals surface area contributed by atoms with Crippen LogP contribution in [0.2, 0.25) is 0 Å². The molecule has 0 heterocycles. The number of hydrogen-bond donors (Lipinski definition) is 1. The molecule has 0 aromatic carbocycles. The van der Waals surface area contributed by atoms with Crippen molar-refractivity contribution in [2.75, 3.05) is 25.5 Å². The minimum Gasteiger partial charge on any atom is -0.478 e. The molecule has 0 aliphatic rings. The maximum atomic E-state index is 12.0. The van der Waals surface area contributed by atoms with Crippen LogP contribution < -0.4 is 0 Å². The van der Waals surface area contributed by atoms with Gasteiger partial charge < -0.3 is 5.11 Å². The normalized spacial score (nSPS) is 13.6. The van der Waals surface area contributed by atoms with E-state index in [0.717, 1.165) is 0 Å². The van der Waals surface area contributed by atoms with Gasteiger partial charge in [-0.25, -0.2) is 4.79 Å². The smallest absolute Gasteiger partial charge is 0.416 e. The highest BCUT2D eigenvalue weighted by Crippen LogP contribution is 2.61. The Morgan fingerprint density at radius 2 is 1.42 bits per heavy atom. The minimum atomic E-state index is -4.78. The second-order valence-electron chi connectivity index (χ2n) is 3.46. The lowest BCUT2D eigenvalue weighted by Crippen LogP contribution is -2.26. The molecule has 1 N–H and O–H groups in total. The number of alkyl halides is 6. The number of carboxylic acids is 1. The Labute approximate surface area is 105 Å². The zero-order valence-electron chi connectivity index (χ0n) is 9.72. The molecule has 0 aliphatic carbocycles. The molecule has 0 unspecified atom stereocenters. The average molecular weight is 317 g/mol. The number of halogens is 6. The van der Waals surface area contributed by atoms with Crippen LogP contribution in [-0.4, -0.2) is 49.0 Å². The van der Waals surface area contributed by atoms with Crippen molar-refractivity contribution in [3.05, 3.63) is 0 Å². The fraction of sp³-hybridized carbons (Fsp3) is 0.875. The van der Waals surface area contributed by atoms with Crippen LogP contribution in [0, 0.1) is 0 Å². The summed E-state index contributed by atoms with van der Waals surface area (Å²) >= 11 is 0. The van der Waals surface area contributed by atoms with Crippen LogP contribution in [0.25, 0.3) is 0 Å². The molecule has 4 nitrogen and oxygen atoms in total. The molecule has 0 atom stereocenters. The van der Waals surface area contributed by atoms with Crippen LogP contribution in [-0.2, 0) is 13.8 Å². The summed E-state index contributed by atoms with van der Waals surface area (Å²) in [6.45, 7) is -2.48. The Bertz CT molecular complexity index is 285. The van der Waals surface area contributed by atoms with Crippen molar-refractivity contribution in [3.63, 3.8) is 0 Å². The molecule has 0 aromatic rings. The molecule has 19 heavy (non-hydrogen) atoms. The molecular formula is C8H12F6O4P+. The van der Waals surface area contributed by atoms with Crippen LogP contribution in [0.4, 0.5) is 26.3 Å². The summed E-state index contributed by atoms with van der Waals surface area (Å²) in [5.41, 5.74) is 0. The Morgan fingerprint density at radius 1 is 1.05 bits per heavy atom. The van der Waals surface area contributed by atoms with Crippen LogP contribution >= 0.6 is 7.72 Å². The van der Waals surface area contributed by atoms with Crippen molar-refractivity contribution in [1.82, 2.24) is 0 Å². The van der Waals surface area contributed by atoms with E-state index < -0.39 is 45.4 Å². The third-order valence-electron chi connectivity index (χ3n) is 1.78. The van der Waals surface area contributed by atoms with E-state index >= 15 is 0 Å². The van der Waals surface area contributed by atoms with Crippen molar-refractivity contribution in [3.8, 4) is 0 Å². The van der Waals surface area contributed by atoms with E-state index in [1.807, 2.05) is 0 Å². The first-order valence-electron chi connectivity index (χ1n) is 4.90. The minimum absolute atomic E-state index is 0.370. The van der Waals surface area contributed by atoms with Crippen molar-refractivity contribution in [2.45, 2.75) is 19.3 Å². The Kier molecular flexibility index (Phi) is 6.50. The molecule has 0 amide bonds. The number of carboxylic acid groups (broad SMARTS) is 1. The maximum absolute atomic E-state index is 12.0. The zero-order chi connectivity index (χ0) is 15.3. The summed E-state index contributed by atoms with van der Waals surface area (Å²) in [6.07, 6.45) is -10.9. The molecule has 0 aliphatic heterocycles. The lowest BCUT2D eigenvalue weighted by Gasteiger charge is -2.22. The highest BCUT2D eigenvalue weighted by Gasteiger charge is 2.49. The largest absolute Gasteiger partial charge is 0.478 e. The first-order chi connectivity index (χ1) is 8.39. The molecule has 114 valence electrons. The second-order valence-corrected chi connectivity index (χ2v) is 6.55. The molecule has 0 rings (SSSR count). The molecule has 0 saturated heterocycles. The predicted octanol–water partition coefficient (Wildman–Crippen LogP) is 3.10. The van der Waals surface area contributed by atoms with Gasteiger partial charge in [-0.15, -0.1) is 0 Å². The van der Waals surface area contributed by atoms with Gasteiger partial charge in [0.15, 0.2) is 13.2 Å². The standard InChI is InChI=1S/C8H11F6O4P/c1-2-19(3-6(15)16,17-4-7(9,10)11)18-5-8(12,13)14/h2-5H2,1H3/p+1. The van der Waals surface area contributed by atoms with Gasteiger partial charge >= 0.3 is 18.3 Å². The summed E-state index contributed by atoms with van der Waals surface area (Å²) in [7, 11) is -3.77. The molecule has 0 aromatic heterocycles. The number of carbonyl (C=O) groups is 1. The predicted molar refractivity (Wildman–Crippen MR) is 54.0 cm³/mol. The average Bonchev–Trinajstić information content (AvgIpc) is 2.19. The first-order valence-corrected chi connectivity index (χ1v) is 6.90. The van der Waals surface area contributed by atoms with Gasteiger partial charge in [-0.05, 0) is 6.92 Å². The molecule has 0 radical (unpaired) electrons. The summed E-state index contributed by atoms with van der Waals surface area (Å²) in [4.78, 5) is 10.5. The van der Waals surface area contributed by atoms with Gasteiger partial charge in [0.25, 0.3) is 7.72 Å². The highest BCUT2D eigenvalue weighted by atomic mass is 31.2. The van der Waals surface area contributed by atoms with Gasteiger partial charge in [-0.3, -0.25) is 0 Å². The van der Waals surface area contributed by atoms with E-state index in [9.17, 15) is 31.1 Å². The van der Waals surface area contributed by atoms with Crippen molar-refractivity contribution in [2.24, 2.45) is 0 Å². The van der Waals surface area contributed by atoms with E-state index in [0.29, 0.717) is 0 Å². The molecule has 11 heteroatoms. The number of hydrogen-bond acceptors (Lipinski definition) is 3. The Morgan fingerprint density at radius 3 is 1.63 bits per heavy atom. The summed E-state index contributed by atoms with van der Waals surface area (Å²) in [5.74, 6) is -1.58. The van der Waals surface area contributed by atoms with Gasteiger partial charge in [-0.1, -0.05) is 0 Å². The molecule has 0 fully saturated rings. The third kappa shape index (κ3) is 9.01. The summed E-state index contributed by atoms with van der Waals surface area (Å²) in [6, 6.07) is 0. The molecule has 0 spiro atoms. The van der Waals surface area contributed by atoms with Crippen LogP contribution in [0.5, 0.6) is 0 Å². The van der Waals surface area contributed by atoms with Crippen LogP contribution in [0.1, 0.15) is 6.92 Å². The lowest BCUT2D eigenvalue weighted by atomic mass is 10.7. The van der Waals surface area contributed by atoms with Gasteiger partial charge in [0, 0.05) is 0 Å². The van der Waals surface area contributed by atoms with Crippen LogP contribution in [0.3, 0.4) is 0 Å². The van der Waals surface area contributed by atoms with Gasteiger partial charge in [-0.2, -0.15) is 35.4 Å². The lowest BCUT2D eigenvalue weighted by molar-refractivity contribution is -0.165. The van der Waals surface area contributed by atoms with Gasteiger partial charge in [0.05, 0.1) is 0 Å². The molecule has 0 bridgehead atoms. The molecule has 0 saturated carbocycles. The van der Waals surface area contributed by atoms with Gasteiger partial charge in [0.2, 0.25) is 6.16 Å². The fourth-order valence-electron chi connectivity index (χ4n) is 1.01. The second kappa shape index (κ2) is 6.71. The first kappa shape index (κ1) is 18.4. The SMILES string of the molecule is CC[P+](CC(=O)O)(OCC(F)(F)F)OCC(F)(F)F. The van der Waals surface area contributed by atoms with E-state index in [2.05, 4.69) is 9.05 Å². The van der Waals surface area contributed by atoms with Crippen molar-refractivity contribution < 1.29 is 45.3 Å². The quantitative estimate of drug-likeness (QED) is 0.579. The monoisotopic (exact) mass is 317 g/mol. The van der Waals surface area contributed by atoms with E-state index in [4.69, 9.17) is 5.11 Å². The van der Waals surface area contributed by atoms with Crippen molar-refractivity contribution >= 4 is 13.7 Å². The van der Waals surface area contributed by atoms with Crippen molar-refractivity contribution in [1.29, 1.82) is 0 Å². The number of aliphatic carboxylic acids is 1. The zero-order valence-corrected chi connectivity index (χ0v) is 10.6. The Hall–Kier alpha value is -0.600. The topological polar surface area (TPSA) is 55.8 Å². The van der Waals surface area contributed by atoms with E-state index in [1.165, 1.54) is 6.92 Å². The maximum Gasteiger partial charge on any atom is 0.416 e. The summed E-state index contributed by atoms with van der Waals surface area (Å²) in [5, 5.41) is 8.54. The fourth-order valence-corrected chi connectivity index (χ4v) is 3.03. The Balaban J connectivity index is 4.82. The summed E-state index contributed by atoms with van der Waals surface area (Å²) < 4.78 is 80.7. The highest BCUT2D eigenvalue weighted by molar-refractivity contribution is 7.67.